The lowest BCUT2D eigenvalue weighted by Gasteiger charge is -2.10. The van der Waals surface area contributed by atoms with Gasteiger partial charge in [-0.1, -0.05) is 12.7 Å². The molecule has 0 radical (unpaired) electrons. The van der Waals surface area contributed by atoms with Gasteiger partial charge in [-0.15, -0.1) is 0 Å². The third-order valence-electron chi connectivity index (χ3n) is 3.02. The van der Waals surface area contributed by atoms with Crippen molar-refractivity contribution in [3.05, 3.63) is 78.7 Å². The zero-order chi connectivity index (χ0) is 18.2. The van der Waals surface area contributed by atoms with E-state index in [1.54, 1.807) is 19.1 Å². The third kappa shape index (κ3) is 5.92. The molecule has 2 N–H and O–H groups in total. The molecule has 2 aromatic carbocycles. The van der Waals surface area contributed by atoms with Crippen molar-refractivity contribution in [2.45, 2.75) is 11.8 Å². The Labute approximate surface area is 154 Å². The van der Waals surface area contributed by atoms with Gasteiger partial charge in [-0.25, -0.2) is 13.8 Å². The first-order chi connectivity index (χ1) is 12.0. The fourth-order valence-electron chi connectivity index (χ4n) is 1.95. The van der Waals surface area contributed by atoms with E-state index in [0.717, 1.165) is 33.7 Å². The number of allylic oxidation sites excluding steroid dienone is 2. The lowest BCUT2D eigenvalue weighted by molar-refractivity contribution is 0.509. The van der Waals surface area contributed by atoms with Crippen LogP contribution in [0.3, 0.4) is 0 Å². The van der Waals surface area contributed by atoms with E-state index in [0.29, 0.717) is 17.3 Å². The van der Waals surface area contributed by atoms with Gasteiger partial charge in [-0.3, -0.25) is 0 Å². The van der Waals surface area contributed by atoms with Crippen LogP contribution in [0.15, 0.2) is 76.9 Å². The molecule has 0 amide bonds. The zero-order valence-electron chi connectivity index (χ0n) is 13.4. The number of hydrogen-bond donors (Lipinski definition) is 2. The lowest BCUT2D eigenvalue weighted by Crippen LogP contribution is -2.09. The minimum atomic E-state index is -0.931. The number of nitrogens with zero attached hydrogens (tertiary/aromatic N) is 1. The summed E-state index contributed by atoms with van der Waals surface area (Å²) in [6.07, 6.45) is 3.17. The first kappa shape index (κ1) is 19.0. The second-order valence-electron chi connectivity index (χ2n) is 4.97. The molecule has 0 heterocycles. The summed E-state index contributed by atoms with van der Waals surface area (Å²) in [4.78, 5) is 5.33. The van der Waals surface area contributed by atoms with Crippen LogP contribution in [0.5, 0.6) is 0 Å². The van der Waals surface area contributed by atoms with E-state index in [9.17, 15) is 8.78 Å². The zero-order valence-corrected chi connectivity index (χ0v) is 15.0. The smallest absolute Gasteiger partial charge is 0.160 e. The van der Waals surface area contributed by atoms with Gasteiger partial charge in [0.15, 0.2) is 11.6 Å². The molecule has 25 heavy (non-hydrogen) atoms. The summed E-state index contributed by atoms with van der Waals surface area (Å²) >= 11 is 0. The molecule has 2 aromatic rings. The van der Waals surface area contributed by atoms with E-state index < -0.39 is 11.6 Å². The van der Waals surface area contributed by atoms with Gasteiger partial charge in [0.2, 0.25) is 0 Å². The molecule has 0 aromatic heterocycles. The number of amidine groups is 1. The summed E-state index contributed by atoms with van der Waals surface area (Å²) in [5.41, 5.74) is 1.23. The fourth-order valence-corrected chi connectivity index (χ4v) is 2.50. The van der Waals surface area contributed by atoms with Crippen LogP contribution in [-0.2, 0) is 0 Å². The fraction of sp³-hybridized carbons (Fsp3) is 0.0556. The van der Waals surface area contributed by atoms with Gasteiger partial charge in [0.05, 0.1) is 0 Å². The van der Waals surface area contributed by atoms with Crippen LogP contribution < -0.4 is 10.6 Å². The van der Waals surface area contributed by atoms with Crippen LogP contribution in [0.1, 0.15) is 6.92 Å². The molecule has 0 spiro atoms. The first-order valence-electron chi connectivity index (χ1n) is 7.27. The maximum atomic E-state index is 13.3. The molecule has 0 saturated carbocycles. The second kappa shape index (κ2) is 9.25. The number of benzene rings is 2. The Balaban J connectivity index is 2.12. The summed E-state index contributed by atoms with van der Waals surface area (Å²) in [5, 5.41) is 6.05. The Kier molecular flexibility index (Phi) is 7.03. The molecule has 3 nitrogen and oxygen atoms in total. The Hall–Kier alpha value is -2.31. The van der Waals surface area contributed by atoms with E-state index in [1.807, 2.05) is 24.3 Å². The van der Waals surface area contributed by atoms with Gasteiger partial charge < -0.3 is 10.6 Å². The van der Waals surface area contributed by atoms with Gasteiger partial charge in [0.1, 0.15) is 11.7 Å². The van der Waals surface area contributed by atoms with Crippen molar-refractivity contribution < 1.29 is 8.78 Å². The summed E-state index contributed by atoms with van der Waals surface area (Å²) in [7, 11) is 6.83. The Morgan fingerprint density at radius 1 is 1.08 bits per heavy atom. The monoisotopic (exact) mass is 379 g/mol. The van der Waals surface area contributed by atoms with Crippen LogP contribution in [-0.4, -0.2) is 5.84 Å². The molecular formula is C18H16ClF2N3S. The molecule has 0 bridgehead atoms. The molecule has 0 saturated heterocycles. The highest BCUT2D eigenvalue weighted by Gasteiger charge is 2.04. The molecule has 0 atom stereocenters. The number of halogens is 3. The van der Waals surface area contributed by atoms with Crippen LogP contribution in [0.25, 0.3) is 0 Å². The number of aliphatic imine (C=N–C) groups is 1. The number of rotatable bonds is 6. The number of anilines is 2. The molecular weight excluding hydrogens is 364 g/mol. The third-order valence-corrected chi connectivity index (χ3v) is 4.01. The Morgan fingerprint density at radius 3 is 2.36 bits per heavy atom. The molecule has 0 aliphatic carbocycles. The van der Waals surface area contributed by atoms with Crippen molar-refractivity contribution in [3.8, 4) is 0 Å². The van der Waals surface area contributed by atoms with Gasteiger partial charge in [-0.2, -0.15) is 0 Å². The predicted octanol–water partition coefficient (Wildman–Crippen LogP) is 6.18. The van der Waals surface area contributed by atoms with Crippen molar-refractivity contribution in [1.82, 2.24) is 0 Å². The van der Waals surface area contributed by atoms with Crippen molar-refractivity contribution in [2.24, 2.45) is 4.99 Å². The largest absolute Gasteiger partial charge is 0.344 e. The number of nitrogens with one attached hydrogen (secondary N) is 2. The van der Waals surface area contributed by atoms with E-state index in [4.69, 9.17) is 10.7 Å². The SMILES string of the molecule is C=C/C=C(\N=C(/C)Nc1ccc(SCl)cc1)Nc1ccc(F)c(F)c1. The van der Waals surface area contributed by atoms with Crippen molar-refractivity contribution in [2.75, 3.05) is 10.6 Å². The summed E-state index contributed by atoms with van der Waals surface area (Å²) in [5.74, 6) is -0.799. The van der Waals surface area contributed by atoms with E-state index in [2.05, 4.69) is 22.2 Å². The molecule has 0 aliphatic heterocycles. The van der Waals surface area contributed by atoms with E-state index in [-0.39, 0.29) is 0 Å². The Morgan fingerprint density at radius 2 is 1.76 bits per heavy atom. The van der Waals surface area contributed by atoms with Gasteiger partial charge in [0, 0.05) is 22.3 Å². The summed E-state index contributed by atoms with van der Waals surface area (Å²) in [6.45, 7) is 5.41. The lowest BCUT2D eigenvalue weighted by atomic mass is 10.3. The van der Waals surface area contributed by atoms with Crippen molar-refractivity contribution >= 4 is 38.9 Å². The van der Waals surface area contributed by atoms with Crippen LogP contribution in [0.4, 0.5) is 20.2 Å². The highest BCUT2D eigenvalue weighted by atomic mass is 35.7. The summed E-state index contributed by atoms with van der Waals surface area (Å²) in [6, 6.07) is 11.1. The average molecular weight is 380 g/mol. The topological polar surface area (TPSA) is 36.4 Å². The maximum Gasteiger partial charge on any atom is 0.160 e. The minimum Gasteiger partial charge on any atom is -0.344 e. The predicted molar refractivity (Wildman–Crippen MR) is 103 cm³/mol. The van der Waals surface area contributed by atoms with Crippen LogP contribution in [0.2, 0.25) is 0 Å². The van der Waals surface area contributed by atoms with Crippen LogP contribution in [0, 0.1) is 11.6 Å². The van der Waals surface area contributed by atoms with Crippen molar-refractivity contribution in [3.63, 3.8) is 0 Å². The Bertz CT molecular complexity index is 804. The van der Waals surface area contributed by atoms with E-state index in [1.165, 1.54) is 6.07 Å². The highest BCUT2D eigenvalue weighted by Crippen LogP contribution is 2.23. The molecule has 130 valence electrons. The maximum absolute atomic E-state index is 13.3. The normalized spacial score (nSPS) is 12.0. The highest BCUT2D eigenvalue weighted by molar-refractivity contribution is 8.21. The van der Waals surface area contributed by atoms with Gasteiger partial charge in [-0.05, 0) is 71.1 Å². The molecule has 0 aliphatic rings. The quantitative estimate of drug-likeness (QED) is 0.357. The molecule has 2 rings (SSSR count). The number of hydrogen-bond acceptors (Lipinski definition) is 3. The molecule has 7 heteroatoms. The standard InChI is InChI=1S/C18H16ClF2N3S/c1-3-4-18(24-14-7-10-16(20)17(21)11-14)23-12(2)22-13-5-8-15(25-19)9-6-13/h3-11,24H,1H2,2H3,(H,22,23)/b18-4+. The first-order valence-corrected chi connectivity index (χ1v) is 8.92. The van der Waals surface area contributed by atoms with Gasteiger partial charge in [0.25, 0.3) is 0 Å². The summed E-state index contributed by atoms with van der Waals surface area (Å²) < 4.78 is 26.3. The van der Waals surface area contributed by atoms with Crippen molar-refractivity contribution in [1.29, 1.82) is 0 Å². The van der Waals surface area contributed by atoms with E-state index >= 15 is 0 Å². The molecule has 0 unspecified atom stereocenters. The van der Waals surface area contributed by atoms with Gasteiger partial charge >= 0.3 is 0 Å². The second-order valence-corrected chi connectivity index (χ2v) is 6.05. The molecule has 0 fully saturated rings. The minimum absolute atomic E-state index is 0.382. The van der Waals surface area contributed by atoms with Crippen LogP contribution >= 0.6 is 21.7 Å². The average Bonchev–Trinajstić information content (AvgIpc) is 2.59.